The van der Waals surface area contributed by atoms with Crippen molar-refractivity contribution in [1.82, 2.24) is 0 Å². The van der Waals surface area contributed by atoms with Crippen molar-refractivity contribution in [1.29, 1.82) is 0 Å². The number of carbonyl (C=O) groups excluding carboxylic acids is 1. The van der Waals surface area contributed by atoms with Crippen molar-refractivity contribution in [2.75, 3.05) is 13.7 Å². The number of hydrogen-bond acceptors (Lipinski definition) is 4. The van der Waals surface area contributed by atoms with Gasteiger partial charge in [-0.25, -0.2) is 4.79 Å². The summed E-state index contributed by atoms with van der Waals surface area (Å²) < 4.78 is 16.2. The second kappa shape index (κ2) is 5.64. The van der Waals surface area contributed by atoms with E-state index in [0.29, 0.717) is 6.61 Å². The molecule has 0 spiro atoms. The summed E-state index contributed by atoms with van der Waals surface area (Å²) in [4.78, 5) is 11.7. The number of furan rings is 1. The molecule has 4 nitrogen and oxygen atoms in total. The zero-order valence-corrected chi connectivity index (χ0v) is 12.3. The van der Waals surface area contributed by atoms with Gasteiger partial charge in [-0.2, -0.15) is 0 Å². The highest BCUT2D eigenvalue weighted by Crippen LogP contribution is 2.39. The average Bonchev–Trinajstić information content (AvgIpc) is 2.85. The minimum absolute atomic E-state index is 0.294. The molecule has 0 amide bonds. The van der Waals surface area contributed by atoms with E-state index in [1.54, 1.807) is 20.1 Å². The Morgan fingerprint density at radius 1 is 1.38 bits per heavy atom. The van der Waals surface area contributed by atoms with Crippen molar-refractivity contribution in [2.45, 2.75) is 26.2 Å². The van der Waals surface area contributed by atoms with Crippen LogP contribution < -0.4 is 4.74 Å². The highest BCUT2D eigenvalue weighted by atomic mass is 16.5. The van der Waals surface area contributed by atoms with Crippen LogP contribution >= 0.6 is 0 Å². The minimum atomic E-state index is -0.294. The fraction of sp³-hybridized carbons (Fsp3) is 0.353. The molecule has 1 heterocycles. The lowest BCUT2D eigenvalue weighted by molar-refractivity contribution is -0.137. The van der Waals surface area contributed by atoms with Crippen LogP contribution in [-0.2, 0) is 16.0 Å². The lowest BCUT2D eigenvalue weighted by atomic mass is 9.90. The highest BCUT2D eigenvalue weighted by molar-refractivity contribution is 5.99. The number of methoxy groups -OCH3 is 1. The molecule has 1 aromatic carbocycles. The summed E-state index contributed by atoms with van der Waals surface area (Å²) in [6.45, 7) is 2.19. The van der Waals surface area contributed by atoms with Crippen LogP contribution in [0, 0.1) is 0 Å². The van der Waals surface area contributed by atoms with Crippen LogP contribution in [0.2, 0.25) is 0 Å². The Labute approximate surface area is 123 Å². The Morgan fingerprint density at radius 2 is 2.24 bits per heavy atom. The van der Waals surface area contributed by atoms with Crippen LogP contribution in [-0.4, -0.2) is 19.7 Å². The molecule has 0 atom stereocenters. The third kappa shape index (κ3) is 2.53. The number of esters is 1. The summed E-state index contributed by atoms with van der Waals surface area (Å²) in [6.07, 6.45) is 4.33. The van der Waals surface area contributed by atoms with Gasteiger partial charge in [0.1, 0.15) is 17.1 Å². The molecule has 0 radical (unpaired) electrons. The van der Waals surface area contributed by atoms with E-state index in [0.717, 1.165) is 52.9 Å². The summed E-state index contributed by atoms with van der Waals surface area (Å²) in [6, 6.07) is 5.75. The van der Waals surface area contributed by atoms with Crippen molar-refractivity contribution in [3.05, 3.63) is 35.6 Å². The van der Waals surface area contributed by atoms with Gasteiger partial charge in [-0.05, 0) is 43.5 Å². The molecule has 1 aliphatic carbocycles. The predicted octanol–water partition coefficient (Wildman–Crippen LogP) is 3.72. The largest absolute Gasteiger partial charge is 0.497 e. The molecule has 2 aromatic rings. The van der Waals surface area contributed by atoms with E-state index >= 15 is 0 Å². The van der Waals surface area contributed by atoms with Crippen molar-refractivity contribution < 1.29 is 18.7 Å². The lowest BCUT2D eigenvalue weighted by Crippen LogP contribution is -2.04. The summed E-state index contributed by atoms with van der Waals surface area (Å²) in [7, 11) is 1.64. The lowest BCUT2D eigenvalue weighted by Gasteiger charge is -2.14. The van der Waals surface area contributed by atoms with Gasteiger partial charge in [0.2, 0.25) is 0 Å². The van der Waals surface area contributed by atoms with E-state index < -0.39 is 0 Å². The Morgan fingerprint density at radius 3 is 3.00 bits per heavy atom. The monoisotopic (exact) mass is 286 g/mol. The molecule has 1 aliphatic rings. The molecule has 0 N–H and O–H groups in total. The number of fused-ring (bicyclic) bond motifs is 3. The number of ether oxygens (including phenoxy) is 2. The van der Waals surface area contributed by atoms with E-state index in [4.69, 9.17) is 13.9 Å². The molecule has 0 saturated heterocycles. The zero-order valence-electron chi connectivity index (χ0n) is 12.3. The van der Waals surface area contributed by atoms with Crippen LogP contribution in [0.3, 0.4) is 0 Å². The Bertz CT molecular complexity index is 709. The first-order valence-electron chi connectivity index (χ1n) is 7.20. The van der Waals surface area contributed by atoms with Gasteiger partial charge in [0.15, 0.2) is 0 Å². The van der Waals surface area contributed by atoms with Crippen LogP contribution in [0.1, 0.15) is 31.1 Å². The number of hydrogen-bond donors (Lipinski definition) is 0. The quantitative estimate of drug-likeness (QED) is 0.637. The van der Waals surface area contributed by atoms with Crippen molar-refractivity contribution in [3.8, 4) is 5.75 Å². The number of rotatable bonds is 3. The van der Waals surface area contributed by atoms with E-state index in [-0.39, 0.29) is 5.97 Å². The van der Waals surface area contributed by atoms with Gasteiger partial charge in [0, 0.05) is 23.4 Å². The second-order valence-electron chi connectivity index (χ2n) is 5.04. The van der Waals surface area contributed by atoms with Gasteiger partial charge in [0.25, 0.3) is 0 Å². The van der Waals surface area contributed by atoms with E-state index in [1.807, 2.05) is 18.2 Å². The minimum Gasteiger partial charge on any atom is -0.497 e. The maximum atomic E-state index is 11.7. The molecular formula is C17H18O4. The van der Waals surface area contributed by atoms with Crippen LogP contribution in [0.25, 0.3) is 16.5 Å². The number of benzene rings is 1. The molecule has 0 unspecified atom stereocenters. The Kier molecular flexibility index (Phi) is 3.69. The van der Waals surface area contributed by atoms with Crippen molar-refractivity contribution in [2.24, 2.45) is 0 Å². The molecule has 3 rings (SSSR count). The van der Waals surface area contributed by atoms with Gasteiger partial charge >= 0.3 is 5.97 Å². The smallest absolute Gasteiger partial charge is 0.331 e. The average molecular weight is 286 g/mol. The van der Waals surface area contributed by atoms with E-state index in [9.17, 15) is 4.79 Å². The van der Waals surface area contributed by atoms with Crippen LogP contribution in [0.4, 0.5) is 0 Å². The van der Waals surface area contributed by atoms with Crippen LogP contribution in [0.15, 0.2) is 28.7 Å². The second-order valence-corrected chi connectivity index (χ2v) is 5.04. The van der Waals surface area contributed by atoms with Gasteiger partial charge in [0.05, 0.1) is 13.7 Å². The molecule has 110 valence electrons. The summed E-state index contributed by atoms with van der Waals surface area (Å²) in [5, 5.41) is 1.000. The Hall–Kier alpha value is -2.23. The molecule has 1 aromatic heterocycles. The third-order valence-corrected chi connectivity index (χ3v) is 3.72. The van der Waals surface area contributed by atoms with Gasteiger partial charge < -0.3 is 13.9 Å². The topological polar surface area (TPSA) is 48.7 Å². The maximum Gasteiger partial charge on any atom is 0.331 e. The maximum absolute atomic E-state index is 11.7. The van der Waals surface area contributed by atoms with Crippen molar-refractivity contribution >= 4 is 22.5 Å². The summed E-state index contributed by atoms with van der Waals surface area (Å²) in [5.41, 5.74) is 2.85. The van der Waals surface area contributed by atoms with Crippen molar-refractivity contribution in [3.63, 3.8) is 0 Å². The normalized spacial score (nSPS) is 16.0. The third-order valence-electron chi connectivity index (χ3n) is 3.72. The fourth-order valence-electron chi connectivity index (χ4n) is 2.82. The molecular weight excluding hydrogens is 268 g/mol. The zero-order chi connectivity index (χ0) is 14.8. The fourth-order valence-corrected chi connectivity index (χ4v) is 2.82. The molecule has 21 heavy (non-hydrogen) atoms. The summed E-state index contributed by atoms with van der Waals surface area (Å²) in [5.74, 6) is 1.44. The highest BCUT2D eigenvalue weighted by Gasteiger charge is 2.23. The first kappa shape index (κ1) is 13.7. The summed E-state index contributed by atoms with van der Waals surface area (Å²) >= 11 is 0. The molecule has 0 bridgehead atoms. The van der Waals surface area contributed by atoms with Gasteiger partial charge in [-0.3, -0.25) is 0 Å². The molecule has 0 fully saturated rings. The SMILES string of the molecule is CCOC(=O)/C=C1\CCCc2oc3ccc(OC)cc3c21. The number of aryl methyl sites for hydroxylation is 1. The number of carbonyl (C=O) groups is 1. The predicted molar refractivity (Wildman–Crippen MR) is 80.3 cm³/mol. The van der Waals surface area contributed by atoms with Gasteiger partial charge in [-0.1, -0.05) is 0 Å². The standard InChI is InChI=1S/C17H18O4/c1-3-20-16(18)9-11-5-4-6-15-17(11)13-10-12(19-2)7-8-14(13)21-15/h7-10H,3-6H2,1-2H3/b11-9+. The molecule has 0 aliphatic heterocycles. The first-order valence-corrected chi connectivity index (χ1v) is 7.20. The number of allylic oxidation sites excluding steroid dienone is 1. The van der Waals surface area contributed by atoms with E-state index in [2.05, 4.69) is 0 Å². The molecule has 0 saturated carbocycles. The van der Waals surface area contributed by atoms with E-state index in [1.165, 1.54) is 0 Å². The van der Waals surface area contributed by atoms with Gasteiger partial charge in [-0.15, -0.1) is 0 Å². The van der Waals surface area contributed by atoms with Crippen LogP contribution in [0.5, 0.6) is 5.75 Å². The Balaban J connectivity index is 2.12. The molecule has 4 heteroatoms. The first-order chi connectivity index (χ1) is 10.2.